The third-order valence-corrected chi connectivity index (χ3v) is 4.30. The third-order valence-electron chi connectivity index (χ3n) is 4.30. The molecule has 0 bridgehead atoms. The van der Waals surface area contributed by atoms with Gasteiger partial charge in [-0.05, 0) is 37.6 Å². The van der Waals surface area contributed by atoms with E-state index in [9.17, 15) is 18.4 Å². The first kappa shape index (κ1) is 19.4. The standard InChI is InChI=1S/C19H15F2N5O4/c1-18(2,10-4-5-12-13(8-10)30-19(20,21)29-12)26-17(28)11-9-14(27)25-16(24-11)15-22-6-3-7-23-15/h3-9H,1-2H3,(H,26,28)(H,24,25,27). The van der Waals surface area contributed by atoms with Crippen LogP contribution in [0.25, 0.3) is 11.6 Å². The minimum Gasteiger partial charge on any atom is -0.395 e. The number of aromatic amines is 1. The Morgan fingerprint density at radius 1 is 1.13 bits per heavy atom. The van der Waals surface area contributed by atoms with Crippen molar-refractivity contribution in [2.24, 2.45) is 0 Å². The van der Waals surface area contributed by atoms with E-state index in [1.54, 1.807) is 19.9 Å². The van der Waals surface area contributed by atoms with Crippen LogP contribution < -0.4 is 20.3 Å². The van der Waals surface area contributed by atoms with Gasteiger partial charge in [-0.3, -0.25) is 9.59 Å². The summed E-state index contributed by atoms with van der Waals surface area (Å²) in [6, 6.07) is 6.85. The minimum absolute atomic E-state index is 0.0383. The van der Waals surface area contributed by atoms with Crippen LogP contribution in [0.15, 0.2) is 47.5 Å². The topological polar surface area (TPSA) is 119 Å². The first-order valence-corrected chi connectivity index (χ1v) is 8.75. The fourth-order valence-corrected chi connectivity index (χ4v) is 2.86. The summed E-state index contributed by atoms with van der Waals surface area (Å²) in [5.41, 5.74) is -1.24. The van der Waals surface area contributed by atoms with Crippen molar-refractivity contribution >= 4 is 5.91 Å². The summed E-state index contributed by atoms with van der Waals surface area (Å²) in [7, 11) is 0. The van der Waals surface area contributed by atoms with E-state index in [2.05, 4.69) is 34.7 Å². The van der Waals surface area contributed by atoms with Crippen LogP contribution in [0.3, 0.4) is 0 Å². The molecule has 0 aliphatic carbocycles. The van der Waals surface area contributed by atoms with Gasteiger partial charge in [0.2, 0.25) is 0 Å². The Kier molecular flexibility index (Phi) is 4.45. The van der Waals surface area contributed by atoms with Crippen molar-refractivity contribution in [2.75, 3.05) is 0 Å². The number of hydrogen-bond acceptors (Lipinski definition) is 7. The molecule has 2 N–H and O–H groups in total. The predicted molar refractivity (Wildman–Crippen MR) is 99.0 cm³/mol. The van der Waals surface area contributed by atoms with E-state index < -0.39 is 23.3 Å². The van der Waals surface area contributed by atoms with Gasteiger partial charge in [0.15, 0.2) is 23.1 Å². The lowest BCUT2D eigenvalue weighted by Gasteiger charge is -2.27. The van der Waals surface area contributed by atoms with Gasteiger partial charge in [0.1, 0.15) is 5.69 Å². The maximum absolute atomic E-state index is 13.2. The average Bonchev–Trinajstić information content (AvgIpc) is 3.00. The molecular weight excluding hydrogens is 400 g/mol. The number of ether oxygens (including phenoxy) is 2. The van der Waals surface area contributed by atoms with Gasteiger partial charge in [-0.15, -0.1) is 8.78 Å². The molecule has 1 aliphatic heterocycles. The molecule has 4 rings (SSSR count). The number of nitrogens with zero attached hydrogens (tertiary/aromatic N) is 3. The number of nitrogens with one attached hydrogen (secondary N) is 2. The zero-order valence-electron chi connectivity index (χ0n) is 15.8. The Hall–Kier alpha value is -3.89. The van der Waals surface area contributed by atoms with Gasteiger partial charge in [0.05, 0.1) is 5.54 Å². The lowest BCUT2D eigenvalue weighted by atomic mass is 9.93. The van der Waals surface area contributed by atoms with Crippen LogP contribution in [0.1, 0.15) is 29.9 Å². The van der Waals surface area contributed by atoms with E-state index in [0.29, 0.717) is 5.56 Å². The molecule has 30 heavy (non-hydrogen) atoms. The highest BCUT2D eigenvalue weighted by atomic mass is 19.3. The molecule has 154 valence electrons. The van der Waals surface area contributed by atoms with Crippen molar-refractivity contribution in [1.29, 1.82) is 0 Å². The van der Waals surface area contributed by atoms with E-state index in [0.717, 1.165) is 6.07 Å². The highest BCUT2D eigenvalue weighted by Gasteiger charge is 2.44. The summed E-state index contributed by atoms with van der Waals surface area (Å²) in [6.45, 7) is 3.32. The van der Waals surface area contributed by atoms with E-state index in [-0.39, 0.29) is 28.8 Å². The van der Waals surface area contributed by atoms with Crippen LogP contribution in [0.5, 0.6) is 11.5 Å². The number of carbonyl (C=O) groups excluding carboxylic acids is 1. The van der Waals surface area contributed by atoms with Crippen LogP contribution in [0, 0.1) is 0 Å². The van der Waals surface area contributed by atoms with Gasteiger partial charge in [-0.1, -0.05) is 6.07 Å². The lowest BCUT2D eigenvalue weighted by molar-refractivity contribution is -0.286. The molecule has 1 amide bonds. The van der Waals surface area contributed by atoms with Crippen molar-refractivity contribution in [3.05, 3.63) is 64.3 Å². The molecule has 0 radical (unpaired) electrons. The Labute approximate surface area is 168 Å². The molecule has 1 aromatic carbocycles. The van der Waals surface area contributed by atoms with Crippen molar-refractivity contribution < 1.29 is 23.0 Å². The number of H-pyrrole nitrogens is 1. The second-order valence-electron chi connectivity index (χ2n) is 6.96. The number of alkyl halides is 2. The zero-order valence-corrected chi connectivity index (χ0v) is 15.8. The number of hydrogen-bond donors (Lipinski definition) is 2. The lowest BCUT2D eigenvalue weighted by Crippen LogP contribution is -2.41. The number of halogens is 2. The summed E-state index contributed by atoms with van der Waals surface area (Å²) < 4.78 is 35.3. The van der Waals surface area contributed by atoms with Gasteiger partial charge in [0.25, 0.3) is 11.5 Å². The second kappa shape index (κ2) is 6.87. The second-order valence-corrected chi connectivity index (χ2v) is 6.96. The molecule has 0 saturated heterocycles. The van der Waals surface area contributed by atoms with Crippen LogP contribution in [-0.4, -0.2) is 32.1 Å². The first-order valence-electron chi connectivity index (χ1n) is 8.75. The molecule has 0 spiro atoms. The SMILES string of the molecule is CC(C)(NC(=O)c1cc(=O)[nH]c(-c2ncccn2)n1)c1ccc2c(c1)OC(F)(F)O2. The summed E-state index contributed by atoms with van der Waals surface area (Å²) in [5, 5.41) is 2.73. The molecule has 0 fully saturated rings. The Morgan fingerprint density at radius 3 is 2.57 bits per heavy atom. The smallest absolute Gasteiger partial charge is 0.395 e. The molecule has 0 unspecified atom stereocenters. The van der Waals surface area contributed by atoms with Crippen LogP contribution in [0.2, 0.25) is 0 Å². The Balaban J connectivity index is 1.60. The highest BCUT2D eigenvalue weighted by molar-refractivity contribution is 5.93. The molecule has 9 nitrogen and oxygen atoms in total. The predicted octanol–water partition coefficient (Wildman–Crippen LogP) is 2.21. The number of fused-ring (bicyclic) bond motifs is 1. The highest BCUT2D eigenvalue weighted by Crippen LogP contribution is 2.42. The number of carbonyl (C=O) groups is 1. The van der Waals surface area contributed by atoms with Crippen LogP contribution in [-0.2, 0) is 5.54 Å². The summed E-state index contributed by atoms with van der Waals surface area (Å²) in [4.78, 5) is 39.3. The number of benzene rings is 1. The van der Waals surface area contributed by atoms with Crippen molar-refractivity contribution in [1.82, 2.24) is 25.3 Å². The monoisotopic (exact) mass is 415 g/mol. The average molecular weight is 415 g/mol. The minimum atomic E-state index is -3.74. The molecule has 0 saturated carbocycles. The van der Waals surface area contributed by atoms with Crippen molar-refractivity contribution in [3.63, 3.8) is 0 Å². The van der Waals surface area contributed by atoms with Crippen molar-refractivity contribution in [3.8, 4) is 23.1 Å². The number of rotatable bonds is 4. The number of amides is 1. The first-order chi connectivity index (χ1) is 14.1. The third kappa shape index (κ3) is 3.81. The van der Waals surface area contributed by atoms with Gasteiger partial charge < -0.3 is 19.8 Å². The molecule has 2 aromatic heterocycles. The largest absolute Gasteiger partial charge is 0.586 e. The van der Waals surface area contributed by atoms with Gasteiger partial charge in [0, 0.05) is 18.5 Å². The van der Waals surface area contributed by atoms with Crippen molar-refractivity contribution in [2.45, 2.75) is 25.7 Å². The zero-order chi connectivity index (χ0) is 21.5. The maximum Gasteiger partial charge on any atom is 0.586 e. The summed E-state index contributed by atoms with van der Waals surface area (Å²) >= 11 is 0. The Morgan fingerprint density at radius 2 is 1.83 bits per heavy atom. The molecule has 11 heteroatoms. The van der Waals surface area contributed by atoms with Crippen LogP contribution >= 0.6 is 0 Å². The molecule has 0 atom stereocenters. The quantitative estimate of drug-likeness (QED) is 0.671. The fraction of sp³-hybridized carbons (Fsp3) is 0.211. The summed E-state index contributed by atoms with van der Waals surface area (Å²) in [5.74, 6) is -0.699. The number of aromatic nitrogens is 4. The van der Waals surface area contributed by atoms with E-state index in [4.69, 9.17) is 0 Å². The van der Waals surface area contributed by atoms with E-state index in [1.165, 1.54) is 30.6 Å². The Bertz CT molecular complexity index is 1180. The fourth-order valence-electron chi connectivity index (χ4n) is 2.86. The molecule has 1 aliphatic rings. The van der Waals surface area contributed by atoms with Crippen LogP contribution in [0.4, 0.5) is 8.78 Å². The molecular formula is C19H15F2N5O4. The van der Waals surface area contributed by atoms with Gasteiger partial charge >= 0.3 is 6.29 Å². The van der Waals surface area contributed by atoms with Gasteiger partial charge in [-0.2, -0.15) is 0 Å². The summed E-state index contributed by atoms with van der Waals surface area (Å²) in [6.07, 6.45) is -0.790. The van der Waals surface area contributed by atoms with Gasteiger partial charge in [-0.25, -0.2) is 15.0 Å². The van der Waals surface area contributed by atoms with E-state index >= 15 is 0 Å². The molecule has 3 aromatic rings. The maximum atomic E-state index is 13.2. The molecule has 3 heterocycles. The normalized spacial score (nSPS) is 14.4. The van der Waals surface area contributed by atoms with E-state index in [1.807, 2.05) is 0 Å².